The van der Waals surface area contributed by atoms with Crippen LogP contribution in [0.2, 0.25) is 0 Å². The summed E-state index contributed by atoms with van der Waals surface area (Å²) in [5.74, 6) is -0.174. The number of fused-ring (bicyclic) bond motifs is 1. The van der Waals surface area contributed by atoms with Crippen molar-refractivity contribution >= 4 is 33.2 Å². The molecule has 0 aliphatic heterocycles. The molecule has 0 aliphatic carbocycles. The predicted molar refractivity (Wildman–Crippen MR) is 69.7 cm³/mol. The summed E-state index contributed by atoms with van der Waals surface area (Å²) >= 11 is 1.62. The third-order valence-electron chi connectivity index (χ3n) is 2.33. The number of thiophene rings is 1. The molecule has 0 saturated carbocycles. The molecule has 17 heavy (non-hydrogen) atoms. The second-order valence-corrected chi connectivity index (χ2v) is 4.48. The lowest BCUT2D eigenvalue weighted by Crippen LogP contribution is -2.30. The first-order valence-electron chi connectivity index (χ1n) is 5.12. The van der Waals surface area contributed by atoms with Crippen molar-refractivity contribution in [2.45, 2.75) is 0 Å². The Hall–Kier alpha value is -1.88. The van der Waals surface area contributed by atoms with E-state index in [9.17, 15) is 4.79 Å². The first-order valence-corrected chi connectivity index (χ1v) is 6.00. The highest BCUT2D eigenvalue weighted by molar-refractivity contribution is 7.17. The number of carboxylic acids is 1. The number of carbonyl (C=O) groups is 1. The standard InChI is InChI=1S/C12H12N2O2S/c1-2-6-14(8-11(15)16)12-9-4-7-17-10(9)3-5-13-12/h2-5,7H,1,6,8H2,(H,15,16). The molecule has 4 nitrogen and oxygen atoms in total. The maximum atomic E-state index is 10.8. The van der Waals surface area contributed by atoms with E-state index in [0.29, 0.717) is 12.4 Å². The average molecular weight is 248 g/mol. The van der Waals surface area contributed by atoms with Gasteiger partial charge in [-0.1, -0.05) is 6.08 Å². The van der Waals surface area contributed by atoms with Gasteiger partial charge in [0.2, 0.25) is 0 Å². The molecule has 5 heteroatoms. The third kappa shape index (κ3) is 2.45. The molecule has 2 aromatic heterocycles. The number of carboxylic acid groups (broad SMARTS) is 1. The molecule has 0 radical (unpaired) electrons. The molecule has 0 spiro atoms. The van der Waals surface area contributed by atoms with Gasteiger partial charge < -0.3 is 10.0 Å². The van der Waals surface area contributed by atoms with Crippen LogP contribution in [-0.2, 0) is 4.79 Å². The van der Waals surface area contributed by atoms with E-state index in [0.717, 1.165) is 10.1 Å². The molecule has 0 amide bonds. The Morgan fingerprint density at radius 2 is 2.41 bits per heavy atom. The lowest BCUT2D eigenvalue weighted by Gasteiger charge is -2.20. The van der Waals surface area contributed by atoms with Crippen LogP contribution in [0.5, 0.6) is 0 Å². The van der Waals surface area contributed by atoms with E-state index in [4.69, 9.17) is 5.11 Å². The van der Waals surface area contributed by atoms with Crippen LogP contribution in [0.1, 0.15) is 0 Å². The van der Waals surface area contributed by atoms with Gasteiger partial charge in [0.05, 0.1) is 0 Å². The van der Waals surface area contributed by atoms with Crippen molar-refractivity contribution in [3.8, 4) is 0 Å². The van der Waals surface area contributed by atoms with Gasteiger partial charge in [-0.25, -0.2) is 4.98 Å². The molecule has 0 bridgehead atoms. The minimum absolute atomic E-state index is 0.0754. The third-order valence-corrected chi connectivity index (χ3v) is 3.22. The number of aromatic nitrogens is 1. The number of nitrogens with zero attached hydrogens (tertiary/aromatic N) is 2. The number of rotatable bonds is 5. The van der Waals surface area contributed by atoms with E-state index in [2.05, 4.69) is 11.6 Å². The molecule has 0 aliphatic rings. The lowest BCUT2D eigenvalue weighted by atomic mass is 10.3. The normalized spacial score (nSPS) is 10.4. The predicted octanol–water partition coefficient (Wildman–Crippen LogP) is 2.37. The summed E-state index contributed by atoms with van der Waals surface area (Å²) in [5, 5.41) is 11.9. The van der Waals surface area contributed by atoms with Crippen LogP contribution in [0.15, 0.2) is 36.4 Å². The second kappa shape index (κ2) is 4.97. The number of anilines is 1. The van der Waals surface area contributed by atoms with Crippen molar-refractivity contribution in [1.29, 1.82) is 0 Å². The van der Waals surface area contributed by atoms with Crippen molar-refractivity contribution in [3.63, 3.8) is 0 Å². The smallest absolute Gasteiger partial charge is 0.323 e. The molecule has 1 N–H and O–H groups in total. The van der Waals surface area contributed by atoms with Crippen LogP contribution in [0.3, 0.4) is 0 Å². The zero-order valence-electron chi connectivity index (χ0n) is 9.17. The zero-order chi connectivity index (χ0) is 12.3. The van der Waals surface area contributed by atoms with Gasteiger partial charge in [0.1, 0.15) is 12.4 Å². The Morgan fingerprint density at radius 1 is 1.59 bits per heavy atom. The SMILES string of the molecule is C=CCN(CC(=O)O)c1nccc2sccc12. The van der Waals surface area contributed by atoms with Crippen LogP contribution in [0.25, 0.3) is 10.1 Å². The summed E-state index contributed by atoms with van der Waals surface area (Å²) in [5.41, 5.74) is 0. The minimum Gasteiger partial charge on any atom is -0.480 e. The fraction of sp³-hybridized carbons (Fsp3) is 0.167. The Morgan fingerprint density at radius 3 is 3.12 bits per heavy atom. The summed E-state index contributed by atoms with van der Waals surface area (Å²) in [6.45, 7) is 4.03. The summed E-state index contributed by atoms with van der Waals surface area (Å²) in [6, 6.07) is 3.89. The first kappa shape index (κ1) is 11.6. The van der Waals surface area contributed by atoms with Gasteiger partial charge in [-0.15, -0.1) is 17.9 Å². The molecule has 0 atom stereocenters. The summed E-state index contributed by atoms with van der Waals surface area (Å²) in [4.78, 5) is 16.8. The number of hydrogen-bond acceptors (Lipinski definition) is 4. The van der Waals surface area contributed by atoms with Gasteiger partial charge in [-0.05, 0) is 17.5 Å². The maximum absolute atomic E-state index is 10.8. The first-order chi connectivity index (χ1) is 8.22. The van der Waals surface area contributed by atoms with Gasteiger partial charge in [0.15, 0.2) is 0 Å². The van der Waals surface area contributed by atoms with Crippen LogP contribution < -0.4 is 4.90 Å². The number of pyridine rings is 1. The number of hydrogen-bond donors (Lipinski definition) is 1. The van der Waals surface area contributed by atoms with Crippen molar-refractivity contribution in [1.82, 2.24) is 4.98 Å². The molecule has 0 saturated heterocycles. The van der Waals surface area contributed by atoms with Crippen LogP contribution in [-0.4, -0.2) is 29.1 Å². The topological polar surface area (TPSA) is 53.4 Å². The highest BCUT2D eigenvalue weighted by atomic mass is 32.1. The fourth-order valence-electron chi connectivity index (χ4n) is 1.68. The van der Waals surface area contributed by atoms with E-state index in [1.807, 2.05) is 17.5 Å². The minimum atomic E-state index is -0.874. The number of aliphatic carboxylic acids is 1. The van der Waals surface area contributed by atoms with Gasteiger partial charge in [0, 0.05) is 22.8 Å². The monoisotopic (exact) mass is 248 g/mol. The molecule has 2 heterocycles. The Kier molecular flexibility index (Phi) is 3.39. The summed E-state index contributed by atoms with van der Waals surface area (Å²) < 4.78 is 1.11. The average Bonchev–Trinajstić information content (AvgIpc) is 2.75. The van der Waals surface area contributed by atoms with Crippen LogP contribution in [0, 0.1) is 0 Å². The summed E-state index contributed by atoms with van der Waals surface area (Å²) in [6.07, 6.45) is 3.38. The largest absolute Gasteiger partial charge is 0.480 e. The molecular weight excluding hydrogens is 236 g/mol. The quantitative estimate of drug-likeness (QED) is 0.825. The van der Waals surface area contributed by atoms with Gasteiger partial charge >= 0.3 is 5.97 Å². The fourth-order valence-corrected chi connectivity index (χ4v) is 2.45. The highest BCUT2D eigenvalue weighted by Crippen LogP contribution is 2.28. The molecule has 0 unspecified atom stereocenters. The van der Waals surface area contributed by atoms with Crippen LogP contribution >= 0.6 is 11.3 Å². The van der Waals surface area contributed by atoms with Gasteiger partial charge in [0.25, 0.3) is 0 Å². The molecule has 0 fully saturated rings. The maximum Gasteiger partial charge on any atom is 0.323 e. The molecule has 88 valence electrons. The van der Waals surface area contributed by atoms with Crippen LogP contribution in [0.4, 0.5) is 5.82 Å². The highest BCUT2D eigenvalue weighted by Gasteiger charge is 2.13. The lowest BCUT2D eigenvalue weighted by molar-refractivity contribution is -0.135. The molecular formula is C12H12N2O2S. The molecule has 2 rings (SSSR count). The molecule has 2 aromatic rings. The molecule has 0 aromatic carbocycles. The van der Waals surface area contributed by atoms with E-state index < -0.39 is 5.97 Å². The van der Waals surface area contributed by atoms with Crippen molar-refractivity contribution in [2.75, 3.05) is 18.0 Å². The van der Waals surface area contributed by atoms with Crippen molar-refractivity contribution in [3.05, 3.63) is 36.4 Å². The summed E-state index contributed by atoms with van der Waals surface area (Å²) in [7, 11) is 0. The van der Waals surface area contributed by atoms with Crippen molar-refractivity contribution in [2.24, 2.45) is 0 Å². The van der Waals surface area contributed by atoms with Gasteiger partial charge in [-0.2, -0.15) is 0 Å². The van der Waals surface area contributed by atoms with E-state index in [1.165, 1.54) is 0 Å². The zero-order valence-corrected chi connectivity index (χ0v) is 9.98. The van der Waals surface area contributed by atoms with Crippen molar-refractivity contribution < 1.29 is 9.90 Å². The van der Waals surface area contributed by atoms with Gasteiger partial charge in [-0.3, -0.25) is 4.79 Å². The second-order valence-electron chi connectivity index (χ2n) is 3.53. The van der Waals surface area contributed by atoms with E-state index in [-0.39, 0.29) is 6.54 Å². The van der Waals surface area contributed by atoms with E-state index in [1.54, 1.807) is 28.5 Å². The Bertz CT molecular complexity index is 550. The Labute approximate surface area is 103 Å². The van der Waals surface area contributed by atoms with E-state index >= 15 is 0 Å². The Balaban J connectivity index is 2.43.